The molecule has 0 N–H and O–H groups in total. The van der Waals surface area contributed by atoms with E-state index in [-0.39, 0.29) is 0 Å². The summed E-state index contributed by atoms with van der Waals surface area (Å²) >= 11 is 0. The number of para-hydroxylation sites is 4. The summed E-state index contributed by atoms with van der Waals surface area (Å²) < 4.78 is 0. The fourth-order valence-electron chi connectivity index (χ4n) is 10.1. The van der Waals surface area contributed by atoms with Crippen LogP contribution in [0, 0.1) is 0 Å². The van der Waals surface area contributed by atoms with E-state index in [1.165, 1.54) is 66.1 Å². The summed E-state index contributed by atoms with van der Waals surface area (Å²) in [5.74, 6) is 0. The average Bonchev–Trinajstić information content (AvgIpc) is 3.75. The summed E-state index contributed by atoms with van der Waals surface area (Å²) in [5.41, 5.74) is 16.9. The van der Waals surface area contributed by atoms with Crippen molar-refractivity contribution in [2.45, 2.75) is 5.41 Å². The smallest absolute Gasteiger partial charge is 0.0725 e. The number of fused-ring (bicyclic) bond motifs is 12. The molecular weight excluding hydrogens is 713 g/mol. The number of nitrogens with zero attached hydrogens (tertiary/aromatic N) is 2. The Balaban J connectivity index is 1.11. The highest BCUT2D eigenvalue weighted by Gasteiger charge is 2.51. The van der Waals surface area contributed by atoms with Crippen LogP contribution >= 0.6 is 0 Å². The molecule has 12 rings (SSSR count). The summed E-state index contributed by atoms with van der Waals surface area (Å²) in [7, 11) is 0. The first-order chi connectivity index (χ1) is 29.3. The van der Waals surface area contributed by atoms with E-state index in [0.717, 1.165) is 34.1 Å². The molecule has 0 saturated heterocycles. The molecular formula is C57H38N2. The molecule has 0 amide bonds. The lowest BCUT2D eigenvalue weighted by molar-refractivity contribution is 0.796. The zero-order valence-electron chi connectivity index (χ0n) is 32.3. The van der Waals surface area contributed by atoms with Crippen LogP contribution in [-0.2, 0) is 5.41 Å². The Bertz CT molecular complexity index is 2910. The van der Waals surface area contributed by atoms with Gasteiger partial charge >= 0.3 is 0 Å². The van der Waals surface area contributed by atoms with Gasteiger partial charge in [-0.3, -0.25) is 0 Å². The van der Waals surface area contributed by atoms with Crippen molar-refractivity contribution in [3.8, 4) is 22.3 Å². The maximum absolute atomic E-state index is 2.50. The summed E-state index contributed by atoms with van der Waals surface area (Å²) in [6.45, 7) is 0. The lowest BCUT2D eigenvalue weighted by Crippen LogP contribution is -2.25. The van der Waals surface area contributed by atoms with E-state index in [1.807, 2.05) is 0 Å². The predicted octanol–water partition coefficient (Wildman–Crippen LogP) is 15.3. The van der Waals surface area contributed by atoms with Crippen LogP contribution in [0.1, 0.15) is 22.3 Å². The third-order valence-corrected chi connectivity index (χ3v) is 12.5. The zero-order chi connectivity index (χ0) is 38.9. The largest absolute Gasteiger partial charge is 0.310 e. The Hall–Kier alpha value is -7.68. The lowest BCUT2D eigenvalue weighted by Gasteiger charge is -2.31. The molecule has 0 saturated carbocycles. The number of anilines is 6. The van der Waals surface area contributed by atoms with Gasteiger partial charge in [0.25, 0.3) is 0 Å². The molecule has 0 aliphatic heterocycles. The van der Waals surface area contributed by atoms with Crippen LogP contribution < -0.4 is 9.80 Å². The Labute approximate surface area is 344 Å². The van der Waals surface area contributed by atoms with E-state index >= 15 is 0 Å². The molecule has 0 unspecified atom stereocenters. The number of benzene rings is 10. The van der Waals surface area contributed by atoms with Crippen molar-refractivity contribution in [1.82, 2.24) is 0 Å². The molecule has 0 heterocycles. The van der Waals surface area contributed by atoms with Crippen molar-refractivity contribution in [1.29, 1.82) is 0 Å². The minimum atomic E-state index is -0.483. The molecule has 2 nitrogen and oxygen atoms in total. The number of hydrogen-bond donors (Lipinski definition) is 0. The Morgan fingerprint density at radius 3 is 0.932 bits per heavy atom. The van der Waals surface area contributed by atoms with Crippen LogP contribution in [0.5, 0.6) is 0 Å². The molecule has 10 aromatic rings. The van der Waals surface area contributed by atoms with E-state index in [1.54, 1.807) is 0 Å². The summed E-state index contributed by atoms with van der Waals surface area (Å²) in [5, 5.41) is 4.90. The van der Waals surface area contributed by atoms with Crippen LogP contribution in [0.25, 0.3) is 43.8 Å². The molecule has 2 aliphatic rings. The van der Waals surface area contributed by atoms with E-state index in [0.29, 0.717) is 0 Å². The van der Waals surface area contributed by atoms with E-state index in [2.05, 4.69) is 240 Å². The molecule has 276 valence electrons. The minimum absolute atomic E-state index is 0.483. The highest BCUT2D eigenvalue weighted by atomic mass is 15.1. The first kappa shape index (κ1) is 33.5. The Morgan fingerprint density at radius 2 is 0.559 bits per heavy atom. The normalized spacial score (nSPS) is 12.9. The Morgan fingerprint density at radius 1 is 0.220 bits per heavy atom. The molecule has 59 heavy (non-hydrogen) atoms. The third kappa shape index (κ3) is 5.06. The van der Waals surface area contributed by atoms with Gasteiger partial charge in [0.15, 0.2) is 0 Å². The molecule has 2 heteroatoms. The minimum Gasteiger partial charge on any atom is -0.310 e. The molecule has 10 aromatic carbocycles. The van der Waals surface area contributed by atoms with Gasteiger partial charge in [-0.05, 0) is 163 Å². The van der Waals surface area contributed by atoms with Gasteiger partial charge in [-0.25, -0.2) is 0 Å². The van der Waals surface area contributed by atoms with Crippen molar-refractivity contribution in [3.63, 3.8) is 0 Å². The second-order valence-corrected chi connectivity index (χ2v) is 15.7. The predicted molar refractivity (Wildman–Crippen MR) is 247 cm³/mol. The third-order valence-electron chi connectivity index (χ3n) is 12.5. The molecule has 1 spiro atoms. The highest BCUT2D eigenvalue weighted by molar-refractivity contribution is 6.04. The molecule has 0 fully saturated rings. The van der Waals surface area contributed by atoms with Gasteiger partial charge in [0.1, 0.15) is 0 Å². The Kier molecular flexibility index (Phi) is 7.48. The zero-order valence-corrected chi connectivity index (χ0v) is 32.3. The van der Waals surface area contributed by atoms with Crippen LogP contribution in [0.4, 0.5) is 34.1 Å². The van der Waals surface area contributed by atoms with Gasteiger partial charge < -0.3 is 9.80 Å². The SMILES string of the molecule is c1ccc(N(c2ccccc2)c2ccc3cc4c(cc3c2)C2(c3ccccc3-c3ccccc32)c2cc3cc(N(c5ccccc5)c5ccccc5)ccc3cc2-4)cc1. The van der Waals surface area contributed by atoms with Crippen LogP contribution in [0.3, 0.4) is 0 Å². The molecule has 0 radical (unpaired) electrons. The molecule has 0 aromatic heterocycles. The van der Waals surface area contributed by atoms with Gasteiger partial charge in [-0.15, -0.1) is 0 Å². The summed E-state index contributed by atoms with van der Waals surface area (Å²) in [4.78, 5) is 4.71. The standard InChI is InChI=1S/C57H38N2/c1-5-17-43(18-6-1)58(44-19-7-2-8-20-44)47-31-29-39-35-51-52-36-40-30-32-48(59(45-21-9-3-10-22-45)46-23-11-4-12-24-46)34-42(40)38-56(52)57(55(51)37-41(39)33-47)53-27-15-13-25-49(53)50-26-14-16-28-54(50)57/h1-38H. The average molecular weight is 751 g/mol. The number of hydrogen-bond acceptors (Lipinski definition) is 2. The fraction of sp³-hybridized carbons (Fsp3) is 0.0175. The molecule has 0 atom stereocenters. The maximum atomic E-state index is 2.50. The summed E-state index contributed by atoms with van der Waals surface area (Å²) in [6, 6.07) is 84.7. The molecule has 2 aliphatic carbocycles. The van der Waals surface area contributed by atoms with Gasteiger partial charge in [0.05, 0.1) is 5.41 Å². The van der Waals surface area contributed by atoms with Gasteiger partial charge in [0, 0.05) is 34.1 Å². The van der Waals surface area contributed by atoms with Gasteiger partial charge in [-0.2, -0.15) is 0 Å². The summed E-state index contributed by atoms with van der Waals surface area (Å²) in [6.07, 6.45) is 0. The van der Waals surface area contributed by atoms with Crippen LogP contribution in [0.15, 0.2) is 231 Å². The fourth-order valence-corrected chi connectivity index (χ4v) is 10.1. The second-order valence-electron chi connectivity index (χ2n) is 15.7. The lowest BCUT2D eigenvalue weighted by atomic mass is 9.70. The van der Waals surface area contributed by atoms with Crippen molar-refractivity contribution in [2.24, 2.45) is 0 Å². The van der Waals surface area contributed by atoms with E-state index in [9.17, 15) is 0 Å². The van der Waals surface area contributed by atoms with Gasteiger partial charge in [0.2, 0.25) is 0 Å². The monoisotopic (exact) mass is 750 g/mol. The topological polar surface area (TPSA) is 6.48 Å². The molecule has 0 bridgehead atoms. The van der Waals surface area contributed by atoms with Crippen LogP contribution in [-0.4, -0.2) is 0 Å². The van der Waals surface area contributed by atoms with E-state index < -0.39 is 5.41 Å². The number of rotatable bonds is 6. The van der Waals surface area contributed by atoms with Crippen molar-refractivity contribution < 1.29 is 0 Å². The van der Waals surface area contributed by atoms with Crippen molar-refractivity contribution >= 4 is 55.7 Å². The van der Waals surface area contributed by atoms with E-state index in [4.69, 9.17) is 0 Å². The highest BCUT2D eigenvalue weighted by Crippen LogP contribution is 2.63. The van der Waals surface area contributed by atoms with Crippen LogP contribution in [0.2, 0.25) is 0 Å². The first-order valence-corrected chi connectivity index (χ1v) is 20.4. The van der Waals surface area contributed by atoms with Crippen molar-refractivity contribution in [2.75, 3.05) is 9.80 Å². The maximum Gasteiger partial charge on any atom is 0.0725 e. The second kappa shape index (κ2) is 13.2. The first-order valence-electron chi connectivity index (χ1n) is 20.4. The van der Waals surface area contributed by atoms with Crippen molar-refractivity contribution in [3.05, 3.63) is 253 Å². The quantitative estimate of drug-likeness (QED) is 0.167. The van der Waals surface area contributed by atoms with Gasteiger partial charge in [-0.1, -0.05) is 133 Å².